The molecule has 102 valence electrons. The number of rotatable bonds is 6. The first-order valence-corrected chi connectivity index (χ1v) is 10.1. The molecule has 0 aromatic carbocycles. The van der Waals surface area contributed by atoms with Crippen LogP contribution in [-0.2, 0) is 19.9 Å². The van der Waals surface area contributed by atoms with Crippen molar-refractivity contribution in [2.24, 2.45) is 0 Å². The van der Waals surface area contributed by atoms with Gasteiger partial charge in [-0.1, -0.05) is 29.3 Å². The molecule has 8 heteroatoms. The maximum atomic E-state index is 11.9. The van der Waals surface area contributed by atoms with E-state index in [1.54, 1.807) is 0 Å². The Bertz CT molecular complexity index is 446. The summed E-state index contributed by atoms with van der Waals surface area (Å²) in [6.07, 6.45) is 2.05. The second-order valence-corrected chi connectivity index (χ2v) is 9.70. The molecule has 1 aliphatic heterocycles. The minimum atomic E-state index is -3.38. The Morgan fingerprint density at radius 3 is 2.47 bits per heavy atom. The number of sulfonamides is 1. The van der Waals surface area contributed by atoms with Crippen LogP contribution in [0.25, 0.3) is 0 Å². The van der Waals surface area contributed by atoms with E-state index in [0.717, 1.165) is 12.8 Å². The van der Waals surface area contributed by atoms with Crippen molar-refractivity contribution in [2.45, 2.75) is 32.2 Å². The molecule has 0 spiro atoms. The van der Waals surface area contributed by atoms with Crippen LogP contribution in [0.1, 0.15) is 26.2 Å². The van der Waals surface area contributed by atoms with E-state index in [0.29, 0.717) is 13.0 Å². The highest BCUT2D eigenvalue weighted by molar-refractivity contribution is 9.10. The molecular weight excluding hydrogens is 330 g/mol. The molecule has 1 saturated heterocycles. The lowest BCUT2D eigenvalue weighted by atomic mass is 10.2. The quantitative estimate of drug-likeness (QED) is 0.671. The number of unbranched alkanes of at least 4 members (excludes halogenated alkanes) is 1. The van der Waals surface area contributed by atoms with E-state index in [4.69, 9.17) is 0 Å². The molecule has 5 nitrogen and oxygen atoms in total. The van der Waals surface area contributed by atoms with Gasteiger partial charge in [-0.15, -0.1) is 0 Å². The van der Waals surface area contributed by atoms with Crippen LogP contribution in [0.5, 0.6) is 0 Å². The largest absolute Gasteiger partial charge is 0.229 e. The topological polar surface area (TPSA) is 71.5 Å². The molecule has 0 bridgehead atoms. The molecule has 1 heterocycles. The summed E-state index contributed by atoms with van der Waals surface area (Å²) in [5, 5.41) is 0. The fraction of sp³-hybridized carbons (Fsp3) is 1.00. The minimum Gasteiger partial charge on any atom is -0.229 e. The first kappa shape index (κ1) is 15.4. The van der Waals surface area contributed by atoms with Crippen LogP contribution in [0.15, 0.2) is 0 Å². The molecule has 0 N–H and O–H groups in total. The minimum absolute atomic E-state index is 0.0387. The zero-order valence-electron chi connectivity index (χ0n) is 9.80. The van der Waals surface area contributed by atoms with Crippen LogP contribution in [-0.4, -0.2) is 49.9 Å². The Morgan fingerprint density at radius 2 is 2.06 bits per heavy atom. The Morgan fingerprint density at radius 1 is 1.41 bits per heavy atom. The van der Waals surface area contributed by atoms with Crippen molar-refractivity contribution in [1.82, 2.24) is 4.31 Å². The normalized spacial score (nSPS) is 24.3. The summed E-state index contributed by atoms with van der Waals surface area (Å²) in [7, 11) is -6.44. The van der Waals surface area contributed by atoms with Gasteiger partial charge in [-0.2, -0.15) is 4.31 Å². The van der Waals surface area contributed by atoms with Gasteiger partial charge in [-0.05, 0) is 12.8 Å². The predicted molar refractivity (Wildman–Crippen MR) is 71.4 cm³/mol. The average Bonchev–Trinajstić information content (AvgIpc) is 2.59. The van der Waals surface area contributed by atoms with Crippen molar-refractivity contribution < 1.29 is 16.8 Å². The third-order valence-electron chi connectivity index (χ3n) is 2.84. The van der Waals surface area contributed by atoms with Crippen molar-refractivity contribution >= 4 is 35.8 Å². The molecular formula is C9H18BrNO4S2. The number of nitrogens with zero attached hydrogens (tertiary/aromatic N) is 1. The number of halogens is 1. The smallest absolute Gasteiger partial charge is 0.224 e. The van der Waals surface area contributed by atoms with Gasteiger partial charge in [-0.3, -0.25) is 0 Å². The highest BCUT2D eigenvalue weighted by atomic mass is 79.9. The van der Waals surface area contributed by atoms with E-state index < -0.39 is 19.9 Å². The molecule has 0 aliphatic carbocycles. The summed E-state index contributed by atoms with van der Waals surface area (Å²) in [5.41, 5.74) is 0. The lowest BCUT2D eigenvalue weighted by molar-refractivity contribution is 0.337. The summed E-state index contributed by atoms with van der Waals surface area (Å²) in [4.78, 5) is 0. The SMILES string of the molecule is CCCCN(C1CCS(=O)(=O)C1)S(=O)(=O)CBr. The fourth-order valence-corrected chi connectivity index (χ4v) is 5.71. The number of hydrogen-bond donors (Lipinski definition) is 0. The maximum Gasteiger partial charge on any atom is 0.224 e. The fourth-order valence-electron chi connectivity index (χ4n) is 1.93. The average molecular weight is 348 g/mol. The summed E-state index contributed by atoms with van der Waals surface area (Å²) in [6, 6.07) is -0.380. The van der Waals surface area contributed by atoms with Crippen LogP contribution in [0.4, 0.5) is 0 Å². The number of hydrogen-bond acceptors (Lipinski definition) is 4. The van der Waals surface area contributed by atoms with Crippen molar-refractivity contribution in [3.63, 3.8) is 0 Å². The van der Waals surface area contributed by atoms with Gasteiger partial charge < -0.3 is 0 Å². The van der Waals surface area contributed by atoms with E-state index in [9.17, 15) is 16.8 Å². The van der Waals surface area contributed by atoms with Gasteiger partial charge >= 0.3 is 0 Å². The van der Waals surface area contributed by atoms with E-state index >= 15 is 0 Å². The van der Waals surface area contributed by atoms with Gasteiger partial charge in [0.2, 0.25) is 10.0 Å². The van der Waals surface area contributed by atoms with Crippen molar-refractivity contribution in [1.29, 1.82) is 0 Å². The standard InChI is InChI=1S/C9H18BrNO4S2/c1-2-3-5-11(17(14,15)8-10)9-4-6-16(12,13)7-9/h9H,2-8H2,1H3. The molecule has 0 aromatic heterocycles. The number of sulfone groups is 1. The molecule has 17 heavy (non-hydrogen) atoms. The molecule has 1 fully saturated rings. The summed E-state index contributed by atoms with van der Waals surface area (Å²) in [6.45, 7) is 2.38. The zero-order valence-corrected chi connectivity index (χ0v) is 13.0. The van der Waals surface area contributed by atoms with Gasteiger partial charge in [0, 0.05) is 12.6 Å². The molecule has 1 atom stereocenters. The third kappa shape index (κ3) is 4.18. The molecule has 0 radical (unpaired) electrons. The van der Waals surface area contributed by atoms with Gasteiger partial charge in [0.1, 0.15) is 4.66 Å². The Hall–Kier alpha value is 0.340. The Labute approximate surface area is 112 Å². The van der Waals surface area contributed by atoms with Gasteiger partial charge in [-0.25, -0.2) is 16.8 Å². The zero-order chi connectivity index (χ0) is 13.1. The van der Waals surface area contributed by atoms with Gasteiger partial charge in [0.25, 0.3) is 0 Å². The van der Waals surface area contributed by atoms with E-state index in [2.05, 4.69) is 15.9 Å². The highest BCUT2D eigenvalue weighted by Gasteiger charge is 2.37. The van der Waals surface area contributed by atoms with Crippen molar-refractivity contribution in [3.05, 3.63) is 0 Å². The molecule has 0 saturated carbocycles. The van der Waals surface area contributed by atoms with Crippen molar-refractivity contribution in [3.8, 4) is 0 Å². The van der Waals surface area contributed by atoms with Crippen LogP contribution in [0.3, 0.4) is 0 Å². The first-order valence-electron chi connectivity index (χ1n) is 5.58. The second kappa shape index (κ2) is 5.99. The lowest BCUT2D eigenvalue weighted by Gasteiger charge is -2.26. The van der Waals surface area contributed by atoms with Crippen LogP contribution >= 0.6 is 15.9 Å². The Kier molecular flexibility index (Phi) is 5.42. The van der Waals surface area contributed by atoms with E-state index in [1.807, 2.05) is 6.92 Å². The van der Waals surface area contributed by atoms with Crippen LogP contribution < -0.4 is 0 Å². The molecule has 0 amide bonds. The molecule has 0 aromatic rings. The first-order chi connectivity index (χ1) is 7.82. The number of alkyl halides is 1. The third-order valence-corrected chi connectivity index (χ3v) is 7.80. The summed E-state index contributed by atoms with van der Waals surface area (Å²) in [5.74, 6) is 0.0566. The molecule has 1 aliphatic rings. The van der Waals surface area contributed by atoms with Crippen molar-refractivity contribution in [2.75, 3.05) is 22.7 Å². The second-order valence-electron chi connectivity index (χ2n) is 4.24. The molecule has 1 unspecified atom stereocenters. The van der Waals surface area contributed by atoms with Gasteiger partial charge in [0.05, 0.1) is 11.5 Å². The monoisotopic (exact) mass is 347 g/mol. The van der Waals surface area contributed by atoms with E-state index in [1.165, 1.54) is 4.31 Å². The lowest BCUT2D eigenvalue weighted by Crippen LogP contribution is -2.42. The summed E-state index contributed by atoms with van der Waals surface area (Å²) >= 11 is 2.96. The highest BCUT2D eigenvalue weighted by Crippen LogP contribution is 2.22. The van der Waals surface area contributed by atoms with Crippen LogP contribution in [0, 0.1) is 0 Å². The maximum absolute atomic E-state index is 11.9. The Balaban J connectivity index is 2.85. The summed E-state index contributed by atoms with van der Waals surface area (Å²) < 4.78 is 47.8. The van der Waals surface area contributed by atoms with Crippen LogP contribution in [0.2, 0.25) is 0 Å². The predicted octanol–water partition coefficient (Wildman–Crippen LogP) is 0.958. The van der Waals surface area contributed by atoms with Gasteiger partial charge in [0.15, 0.2) is 9.84 Å². The molecule has 1 rings (SSSR count). The van der Waals surface area contributed by atoms with E-state index in [-0.39, 0.29) is 22.2 Å².